The van der Waals surface area contributed by atoms with Gasteiger partial charge in [0.25, 0.3) is 0 Å². The zero-order valence-electron chi connectivity index (χ0n) is 9.73. The minimum atomic E-state index is 0.166. The Labute approximate surface area is 100.0 Å². The van der Waals surface area contributed by atoms with Crippen LogP contribution in [0.3, 0.4) is 0 Å². The van der Waals surface area contributed by atoms with E-state index in [1.54, 1.807) is 12.3 Å². The molecule has 1 heterocycles. The van der Waals surface area contributed by atoms with Gasteiger partial charge in [-0.25, -0.2) is 9.97 Å². The number of nitrogens with zero attached hydrogens (tertiary/aromatic N) is 3. The zero-order valence-corrected chi connectivity index (χ0v) is 9.73. The van der Waals surface area contributed by atoms with E-state index in [0.29, 0.717) is 5.82 Å². The molecule has 4 nitrogen and oxygen atoms in total. The third-order valence-corrected chi connectivity index (χ3v) is 2.40. The van der Waals surface area contributed by atoms with Gasteiger partial charge in [0.15, 0.2) is 0 Å². The van der Waals surface area contributed by atoms with Crippen LogP contribution in [0, 0.1) is 25.2 Å². The van der Waals surface area contributed by atoms with E-state index < -0.39 is 0 Å². The first-order valence-electron chi connectivity index (χ1n) is 5.26. The van der Waals surface area contributed by atoms with Gasteiger partial charge in [-0.3, -0.25) is 0 Å². The summed E-state index contributed by atoms with van der Waals surface area (Å²) in [4.78, 5) is 7.89. The summed E-state index contributed by atoms with van der Waals surface area (Å²) in [5.74, 6) is 0.795. The highest BCUT2D eigenvalue weighted by atomic mass is 15.0. The fourth-order valence-corrected chi connectivity index (χ4v) is 1.57. The molecule has 1 aromatic heterocycles. The molecule has 17 heavy (non-hydrogen) atoms. The van der Waals surface area contributed by atoms with Crippen molar-refractivity contribution >= 4 is 11.5 Å². The van der Waals surface area contributed by atoms with Gasteiger partial charge in [0.05, 0.1) is 0 Å². The van der Waals surface area contributed by atoms with Crippen molar-refractivity contribution in [3.63, 3.8) is 0 Å². The van der Waals surface area contributed by atoms with Gasteiger partial charge in [-0.15, -0.1) is 0 Å². The fourth-order valence-electron chi connectivity index (χ4n) is 1.57. The molecule has 84 valence electrons. The van der Waals surface area contributed by atoms with Crippen molar-refractivity contribution in [3.8, 4) is 6.07 Å². The summed E-state index contributed by atoms with van der Waals surface area (Å²) in [7, 11) is 0. The molecule has 1 aromatic carbocycles. The molecule has 2 aromatic rings. The summed E-state index contributed by atoms with van der Waals surface area (Å²) < 4.78 is 0. The molecular weight excluding hydrogens is 212 g/mol. The van der Waals surface area contributed by atoms with Crippen LogP contribution in [0.4, 0.5) is 11.5 Å². The molecule has 0 aliphatic rings. The van der Waals surface area contributed by atoms with E-state index in [-0.39, 0.29) is 5.82 Å². The van der Waals surface area contributed by atoms with Gasteiger partial charge in [-0.1, -0.05) is 17.7 Å². The van der Waals surface area contributed by atoms with E-state index in [1.165, 1.54) is 5.56 Å². The van der Waals surface area contributed by atoms with Gasteiger partial charge in [-0.05, 0) is 31.5 Å². The van der Waals surface area contributed by atoms with Crippen LogP contribution < -0.4 is 5.32 Å². The predicted molar refractivity (Wildman–Crippen MR) is 65.9 cm³/mol. The SMILES string of the molecule is Cc1ccc(Nc2ccnc(C#N)n2)c(C)c1. The molecular formula is C13H12N4. The van der Waals surface area contributed by atoms with Crippen LogP contribution in [-0.4, -0.2) is 9.97 Å². The zero-order chi connectivity index (χ0) is 12.3. The highest BCUT2D eigenvalue weighted by Gasteiger charge is 2.01. The summed E-state index contributed by atoms with van der Waals surface area (Å²) in [6.07, 6.45) is 1.57. The molecule has 0 saturated carbocycles. The van der Waals surface area contributed by atoms with Crippen LogP contribution in [0.5, 0.6) is 0 Å². The highest BCUT2D eigenvalue weighted by molar-refractivity contribution is 5.60. The Hall–Kier alpha value is -2.41. The second kappa shape index (κ2) is 4.62. The minimum Gasteiger partial charge on any atom is -0.340 e. The largest absolute Gasteiger partial charge is 0.340 e. The molecule has 1 N–H and O–H groups in total. The number of rotatable bonds is 2. The molecule has 0 amide bonds. The first-order chi connectivity index (χ1) is 8.19. The minimum absolute atomic E-state index is 0.166. The Morgan fingerprint density at radius 3 is 2.76 bits per heavy atom. The maximum Gasteiger partial charge on any atom is 0.234 e. The van der Waals surface area contributed by atoms with Crippen molar-refractivity contribution in [2.75, 3.05) is 5.32 Å². The summed E-state index contributed by atoms with van der Waals surface area (Å²) in [6, 6.07) is 9.77. The van der Waals surface area contributed by atoms with Crippen molar-refractivity contribution in [1.82, 2.24) is 9.97 Å². The molecule has 0 saturated heterocycles. The maximum absolute atomic E-state index is 8.72. The molecule has 0 aliphatic carbocycles. The molecule has 0 aliphatic heterocycles. The van der Waals surface area contributed by atoms with Gasteiger partial charge in [0.2, 0.25) is 5.82 Å². The van der Waals surface area contributed by atoms with E-state index in [9.17, 15) is 0 Å². The summed E-state index contributed by atoms with van der Waals surface area (Å²) in [6.45, 7) is 4.08. The standard InChI is InChI=1S/C13H12N4/c1-9-3-4-11(10(2)7-9)16-12-5-6-15-13(8-14)17-12/h3-7H,1-2H3,(H,15,16,17). The number of hydrogen-bond donors (Lipinski definition) is 1. The number of nitrogens with one attached hydrogen (secondary N) is 1. The van der Waals surface area contributed by atoms with E-state index in [0.717, 1.165) is 11.3 Å². The normalized spacial score (nSPS) is 9.71. The predicted octanol–water partition coefficient (Wildman–Crippen LogP) is 2.71. The number of aryl methyl sites for hydroxylation is 2. The molecule has 0 bridgehead atoms. The van der Waals surface area contributed by atoms with Crippen LogP contribution in [-0.2, 0) is 0 Å². The molecule has 0 radical (unpaired) electrons. The monoisotopic (exact) mass is 224 g/mol. The average Bonchev–Trinajstić information content (AvgIpc) is 2.33. The second-order valence-electron chi connectivity index (χ2n) is 3.82. The van der Waals surface area contributed by atoms with Crippen molar-refractivity contribution in [1.29, 1.82) is 5.26 Å². The Morgan fingerprint density at radius 2 is 2.06 bits per heavy atom. The van der Waals surface area contributed by atoms with Crippen molar-refractivity contribution in [2.24, 2.45) is 0 Å². The smallest absolute Gasteiger partial charge is 0.234 e. The number of hydrogen-bond acceptors (Lipinski definition) is 4. The topological polar surface area (TPSA) is 61.6 Å². The Balaban J connectivity index is 2.28. The Bertz CT molecular complexity index is 584. The van der Waals surface area contributed by atoms with Crippen molar-refractivity contribution in [3.05, 3.63) is 47.4 Å². The van der Waals surface area contributed by atoms with E-state index in [1.807, 2.05) is 25.1 Å². The number of benzene rings is 1. The summed E-state index contributed by atoms with van der Waals surface area (Å²) in [5.41, 5.74) is 3.34. The summed E-state index contributed by atoms with van der Waals surface area (Å²) in [5, 5.41) is 11.9. The van der Waals surface area contributed by atoms with Crippen LogP contribution in [0.15, 0.2) is 30.5 Å². The van der Waals surface area contributed by atoms with E-state index in [2.05, 4.69) is 28.3 Å². The Morgan fingerprint density at radius 1 is 1.24 bits per heavy atom. The van der Waals surface area contributed by atoms with Crippen molar-refractivity contribution < 1.29 is 0 Å². The average molecular weight is 224 g/mol. The molecule has 0 unspecified atom stereocenters. The quantitative estimate of drug-likeness (QED) is 0.851. The number of nitriles is 1. The van der Waals surface area contributed by atoms with Gasteiger partial charge >= 0.3 is 0 Å². The molecule has 2 rings (SSSR count). The lowest BCUT2D eigenvalue weighted by Crippen LogP contribution is -1.98. The van der Waals surface area contributed by atoms with Crippen LogP contribution in [0.2, 0.25) is 0 Å². The third-order valence-electron chi connectivity index (χ3n) is 2.40. The van der Waals surface area contributed by atoms with Gasteiger partial charge < -0.3 is 5.32 Å². The first kappa shape index (κ1) is 11.1. The van der Waals surface area contributed by atoms with E-state index >= 15 is 0 Å². The second-order valence-corrected chi connectivity index (χ2v) is 3.82. The van der Waals surface area contributed by atoms with Crippen molar-refractivity contribution in [2.45, 2.75) is 13.8 Å². The summed E-state index contributed by atoms with van der Waals surface area (Å²) >= 11 is 0. The lowest BCUT2D eigenvalue weighted by molar-refractivity contribution is 1.11. The number of aromatic nitrogens is 2. The molecule has 0 fully saturated rings. The highest BCUT2D eigenvalue weighted by Crippen LogP contribution is 2.19. The lowest BCUT2D eigenvalue weighted by Gasteiger charge is -2.09. The fraction of sp³-hybridized carbons (Fsp3) is 0.154. The molecule has 0 spiro atoms. The van der Waals surface area contributed by atoms with Gasteiger partial charge in [0.1, 0.15) is 11.9 Å². The third kappa shape index (κ3) is 2.58. The van der Waals surface area contributed by atoms with Gasteiger partial charge in [0, 0.05) is 11.9 Å². The van der Waals surface area contributed by atoms with E-state index in [4.69, 9.17) is 5.26 Å². The Kier molecular flexibility index (Phi) is 3.01. The lowest BCUT2D eigenvalue weighted by atomic mass is 10.1. The van der Waals surface area contributed by atoms with Crippen LogP contribution in [0.1, 0.15) is 17.0 Å². The number of anilines is 2. The van der Waals surface area contributed by atoms with Crippen LogP contribution >= 0.6 is 0 Å². The maximum atomic E-state index is 8.72. The molecule has 4 heteroatoms. The van der Waals surface area contributed by atoms with Crippen LogP contribution in [0.25, 0.3) is 0 Å². The first-order valence-corrected chi connectivity index (χ1v) is 5.26. The molecule has 0 atom stereocenters. The van der Waals surface area contributed by atoms with Gasteiger partial charge in [-0.2, -0.15) is 5.26 Å².